The van der Waals surface area contributed by atoms with Crippen molar-refractivity contribution in [1.29, 1.82) is 0 Å². The van der Waals surface area contributed by atoms with E-state index in [1.54, 1.807) is 12.1 Å². The zero-order chi connectivity index (χ0) is 11.0. The van der Waals surface area contributed by atoms with E-state index in [0.717, 1.165) is 22.4 Å². The molecular formula is C13H13ClN2O2. The van der Waals surface area contributed by atoms with Crippen LogP contribution in [0, 0.1) is 0 Å². The predicted octanol–water partition coefficient (Wildman–Crippen LogP) is -1.47. The van der Waals surface area contributed by atoms with Crippen LogP contribution in [0.25, 0.3) is 22.4 Å². The summed E-state index contributed by atoms with van der Waals surface area (Å²) in [5, 5.41) is 9.22. The Morgan fingerprint density at radius 2 is 1.61 bits per heavy atom. The molecular weight excluding hydrogens is 252 g/mol. The highest BCUT2D eigenvalue weighted by atomic mass is 35.5. The van der Waals surface area contributed by atoms with Gasteiger partial charge in [-0.2, -0.15) is 0 Å². The summed E-state index contributed by atoms with van der Waals surface area (Å²) in [7, 11) is 0. The zero-order valence-corrected chi connectivity index (χ0v) is 10.2. The lowest BCUT2D eigenvalue weighted by molar-refractivity contribution is -0.330. The number of phenols is 1. The van der Waals surface area contributed by atoms with Crippen LogP contribution in [0.4, 0.5) is 0 Å². The first-order valence-electron chi connectivity index (χ1n) is 5.12. The summed E-state index contributed by atoms with van der Waals surface area (Å²) in [4.78, 5) is 6.59. The van der Waals surface area contributed by atoms with Crippen molar-refractivity contribution in [3.8, 4) is 17.1 Å². The van der Waals surface area contributed by atoms with Gasteiger partial charge in [-0.3, -0.25) is 0 Å². The highest BCUT2D eigenvalue weighted by molar-refractivity contribution is 5.74. The summed E-state index contributed by atoms with van der Waals surface area (Å²) in [5.74, 6) is 1.22. The standard InChI is InChI=1S/C13H10N2O.ClH.H2O/c16-10-7-5-9(6-8-10)13-14-11-3-1-2-4-12(11)15-13;;/h1-8,16H,(H,14,15);1H;1H2. The summed E-state index contributed by atoms with van der Waals surface area (Å²) in [5.41, 5.74) is 3.17. The number of benzene rings is 2. The Bertz CT molecular complexity index is 602. The van der Waals surface area contributed by atoms with Crippen molar-refractivity contribution in [2.45, 2.75) is 0 Å². The van der Waals surface area contributed by atoms with Gasteiger partial charge < -0.3 is 23.0 Å². The maximum absolute atomic E-state index is 9.22. The second kappa shape index (κ2) is 5.53. The monoisotopic (exact) mass is 264 g/mol. The minimum absolute atomic E-state index is 0. The summed E-state index contributed by atoms with van der Waals surface area (Å²) in [6.07, 6.45) is 0. The zero-order valence-electron chi connectivity index (χ0n) is 9.44. The Labute approximate surface area is 110 Å². The molecule has 5 N–H and O–H groups in total. The van der Waals surface area contributed by atoms with Gasteiger partial charge in [-0.05, 0) is 36.4 Å². The van der Waals surface area contributed by atoms with E-state index in [9.17, 15) is 5.11 Å². The number of aromatic nitrogens is 2. The van der Waals surface area contributed by atoms with Crippen LogP contribution in [0.15, 0.2) is 48.5 Å². The molecule has 0 atom stereocenters. The number of fused-ring (bicyclic) bond motifs is 1. The van der Waals surface area contributed by atoms with Crippen molar-refractivity contribution >= 4 is 11.0 Å². The van der Waals surface area contributed by atoms with Crippen molar-refractivity contribution in [1.82, 2.24) is 4.98 Å². The first-order chi connectivity index (χ1) is 7.83. The van der Waals surface area contributed by atoms with Crippen molar-refractivity contribution in [3.05, 3.63) is 48.5 Å². The predicted molar refractivity (Wildman–Crippen MR) is 65.6 cm³/mol. The number of rotatable bonds is 1. The quantitative estimate of drug-likeness (QED) is 0.553. The minimum atomic E-state index is 0. The van der Waals surface area contributed by atoms with Gasteiger partial charge in [0.15, 0.2) is 11.0 Å². The highest BCUT2D eigenvalue weighted by Crippen LogP contribution is 2.19. The van der Waals surface area contributed by atoms with E-state index in [4.69, 9.17) is 0 Å². The van der Waals surface area contributed by atoms with Crippen molar-refractivity contribution < 1.29 is 28.0 Å². The molecule has 1 heterocycles. The Morgan fingerprint density at radius 1 is 0.944 bits per heavy atom. The number of para-hydroxylation sites is 2. The highest BCUT2D eigenvalue weighted by Gasteiger charge is 2.10. The summed E-state index contributed by atoms with van der Waals surface area (Å²) >= 11 is 0. The number of aromatic amines is 2. The molecule has 0 fully saturated rings. The molecule has 0 aliphatic carbocycles. The van der Waals surface area contributed by atoms with Crippen LogP contribution in [0.3, 0.4) is 0 Å². The first-order valence-corrected chi connectivity index (χ1v) is 5.12. The molecule has 2 aromatic carbocycles. The third-order valence-corrected chi connectivity index (χ3v) is 2.60. The number of aromatic hydroxyl groups is 1. The number of halogens is 1. The Balaban J connectivity index is 0.000000810. The normalized spacial score (nSPS) is 9.56. The molecule has 0 spiro atoms. The van der Waals surface area contributed by atoms with Crippen LogP contribution in [-0.2, 0) is 0 Å². The smallest absolute Gasteiger partial charge is 0.285 e. The average Bonchev–Trinajstić information content (AvgIpc) is 2.73. The number of hydrogen-bond donors (Lipinski definition) is 2. The molecule has 18 heavy (non-hydrogen) atoms. The molecule has 0 aliphatic heterocycles. The summed E-state index contributed by atoms with van der Waals surface area (Å²) in [6.45, 7) is 0. The lowest BCUT2D eigenvalue weighted by atomic mass is 10.2. The van der Waals surface area contributed by atoms with E-state index in [1.807, 2.05) is 36.4 Å². The summed E-state index contributed by atoms with van der Waals surface area (Å²) < 4.78 is 0. The molecule has 3 rings (SSSR count). The van der Waals surface area contributed by atoms with Crippen LogP contribution >= 0.6 is 0 Å². The second-order valence-corrected chi connectivity index (χ2v) is 3.72. The van der Waals surface area contributed by atoms with E-state index in [-0.39, 0.29) is 23.6 Å². The van der Waals surface area contributed by atoms with E-state index in [0.29, 0.717) is 0 Å². The van der Waals surface area contributed by atoms with Crippen LogP contribution in [0.5, 0.6) is 5.75 Å². The third-order valence-electron chi connectivity index (χ3n) is 2.60. The molecule has 0 amide bonds. The summed E-state index contributed by atoms with van der Waals surface area (Å²) in [6, 6.07) is 15.1. The van der Waals surface area contributed by atoms with Gasteiger partial charge in [0.1, 0.15) is 5.75 Å². The van der Waals surface area contributed by atoms with E-state index < -0.39 is 0 Å². The molecule has 0 radical (unpaired) electrons. The molecule has 4 nitrogen and oxygen atoms in total. The van der Waals surface area contributed by atoms with Crippen LogP contribution < -0.4 is 17.4 Å². The Hall–Kier alpha value is -2.04. The fraction of sp³-hybridized carbons (Fsp3) is 0. The number of phenolic OH excluding ortho intramolecular Hbond substituents is 1. The van der Waals surface area contributed by atoms with Gasteiger partial charge in [-0.1, -0.05) is 12.1 Å². The molecule has 94 valence electrons. The molecule has 1 aromatic heterocycles. The van der Waals surface area contributed by atoms with Gasteiger partial charge in [0.05, 0.1) is 5.56 Å². The van der Waals surface area contributed by atoms with Crippen molar-refractivity contribution in [2.24, 2.45) is 0 Å². The van der Waals surface area contributed by atoms with Gasteiger partial charge in [0.25, 0.3) is 5.82 Å². The first kappa shape index (κ1) is 14.0. The van der Waals surface area contributed by atoms with Crippen LogP contribution in [0.1, 0.15) is 0 Å². The fourth-order valence-corrected chi connectivity index (χ4v) is 1.77. The van der Waals surface area contributed by atoms with Gasteiger partial charge in [0.2, 0.25) is 0 Å². The largest absolute Gasteiger partial charge is 1.00 e. The second-order valence-electron chi connectivity index (χ2n) is 3.72. The van der Waals surface area contributed by atoms with E-state index in [2.05, 4.69) is 9.97 Å². The maximum atomic E-state index is 9.22. The number of H-pyrrole nitrogens is 2. The number of hydrogen-bond acceptors (Lipinski definition) is 1. The Kier molecular flexibility index (Phi) is 4.31. The van der Waals surface area contributed by atoms with Gasteiger partial charge in [-0.15, -0.1) is 0 Å². The van der Waals surface area contributed by atoms with Crippen LogP contribution in [-0.4, -0.2) is 15.6 Å². The van der Waals surface area contributed by atoms with E-state index >= 15 is 0 Å². The number of nitrogens with one attached hydrogen (secondary N) is 2. The van der Waals surface area contributed by atoms with Gasteiger partial charge in [-0.25, -0.2) is 9.97 Å². The van der Waals surface area contributed by atoms with E-state index in [1.165, 1.54) is 0 Å². The topological polar surface area (TPSA) is 81.7 Å². The third kappa shape index (κ3) is 2.45. The molecule has 3 aromatic rings. The molecule has 0 saturated heterocycles. The number of imidazole rings is 1. The maximum Gasteiger partial charge on any atom is 0.285 e. The molecule has 5 heteroatoms. The molecule has 0 saturated carbocycles. The fourth-order valence-electron chi connectivity index (χ4n) is 1.77. The molecule has 0 bridgehead atoms. The molecule has 0 unspecified atom stereocenters. The Morgan fingerprint density at radius 3 is 2.28 bits per heavy atom. The lowest BCUT2D eigenvalue weighted by Gasteiger charge is -1.92. The van der Waals surface area contributed by atoms with Crippen molar-refractivity contribution in [3.63, 3.8) is 0 Å². The van der Waals surface area contributed by atoms with Crippen LogP contribution in [0.2, 0.25) is 0 Å². The minimum Gasteiger partial charge on any atom is -1.00 e. The average molecular weight is 265 g/mol. The lowest BCUT2D eigenvalue weighted by Crippen LogP contribution is -3.00. The van der Waals surface area contributed by atoms with Crippen molar-refractivity contribution in [2.75, 3.05) is 0 Å². The van der Waals surface area contributed by atoms with Gasteiger partial charge in [0, 0.05) is 0 Å². The SMILES string of the molecule is O.Oc1ccc(-c2[nH]c3ccccc3[nH+]2)cc1.[Cl-]. The molecule has 0 aliphatic rings. The van der Waals surface area contributed by atoms with Gasteiger partial charge >= 0.3 is 0 Å².